The number of fused-ring (bicyclic) bond motifs is 2. The summed E-state index contributed by atoms with van der Waals surface area (Å²) in [6, 6.07) is 0. The summed E-state index contributed by atoms with van der Waals surface area (Å²) in [4.78, 5) is 41.7. The highest BCUT2D eigenvalue weighted by Crippen LogP contribution is 2.36. The van der Waals surface area contributed by atoms with Gasteiger partial charge < -0.3 is 86.5 Å². The van der Waals surface area contributed by atoms with Crippen LogP contribution in [0, 0.1) is 47.3 Å². The number of guanidine groups is 1. The molecule has 2 aliphatic heterocycles. The van der Waals surface area contributed by atoms with Gasteiger partial charge in [0.25, 0.3) is 0 Å². The van der Waals surface area contributed by atoms with Crippen LogP contribution in [0.5, 0.6) is 0 Å². The third kappa shape index (κ3) is 26.2. The molecule has 0 radical (unpaired) electrons. The number of unbranched alkanes of at least 4 members (excludes halogenated alkanes) is 2. The van der Waals surface area contributed by atoms with E-state index in [0.29, 0.717) is 5.96 Å². The number of aliphatic carboxylic acids is 1. The molecule has 0 saturated carbocycles. The molecule has 0 aromatic carbocycles. The first-order valence-corrected chi connectivity index (χ1v) is 29.0. The first kappa shape index (κ1) is 72.3. The van der Waals surface area contributed by atoms with Gasteiger partial charge in [-0.3, -0.25) is 19.4 Å². The molecule has 15 N–H and O–H groups in total. The quantitative estimate of drug-likeness (QED) is 0.0296. The molecular weight excluding hydrogens is 1040 g/mol. The van der Waals surface area contributed by atoms with Crippen molar-refractivity contribution in [2.45, 2.75) is 237 Å². The van der Waals surface area contributed by atoms with Gasteiger partial charge in [0.2, 0.25) is 0 Å². The highest BCUT2D eigenvalue weighted by atomic mass is 16.7. The smallest absolute Gasteiger partial charge is 0.317 e. The van der Waals surface area contributed by atoms with Gasteiger partial charge in [0.1, 0.15) is 24.7 Å². The second-order valence-corrected chi connectivity index (χ2v) is 23.4. The molecule has 2 heterocycles. The summed E-state index contributed by atoms with van der Waals surface area (Å²) in [5.74, 6) is -9.42. The summed E-state index contributed by atoms with van der Waals surface area (Å²) < 4.78 is 17.5. The number of esters is 2. The first-order chi connectivity index (χ1) is 37.5. The number of hydrogen-bond donors (Lipinski definition) is 14. The Kier molecular flexibility index (Phi) is 33.1. The fourth-order valence-corrected chi connectivity index (χ4v) is 10.3. The predicted molar refractivity (Wildman–Crippen MR) is 302 cm³/mol. The van der Waals surface area contributed by atoms with Crippen LogP contribution in [0.2, 0.25) is 0 Å². The van der Waals surface area contributed by atoms with Crippen LogP contribution in [0.25, 0.3) is 0 Å². The molecule has 1 fully saturated rings. The first-order valence-electron chi connectivity index (χ1n) is 29.0. The van der Waals surface area contributed by atoms with E-state index >= 15 is 0 Å². The maximum atomic E-state index is 13.9. The third-order valence-electron chi connectivity index (χ3n) is 16.2. The van der Waals surface area contributed by atoms with Crippen LogP contribution >= 0.6 is 0 Å². The fraction of sp³-hybridized carbons (Fsp3) is 0.797. The summed E-state index contributed by atoms with van der Waals surface area (Å²) in [6.45, 7) is 14.8. The lowest BCUT2D eigenvalue weighted by Gasteiger charge is -2.45. The average Bonchev–Trinajstić information content (AvgIpc) is 3.38. The zero-order chi connectivity index (χ0) is 60.4. The molecule has 2 rings (SSSR count). The van der Waals surface area contributed by atoms with Gasteiger partial charge >= 0.3 is 17.9 Å². The molecule has 22 atom stereocenters. The third-order valence-corrected chi connectivity index (χ3v) is 16.2. The Morgan fingerprint density at radius 3 is 2.05 bits per heavy atom. The van der Waals surface area contributed by atoms with E-state index in [9.17, 15) is 75.7 Å². The summed E-state index contributed by atoms with van der Waals surface area (Å²) >= 11 is 0. The van der Waals surface area contributed by atoms with Crippen LogP contribution in [-0.2, 0) is 28.6 Å². The van der Waals surface area contributed by atoms with Gasteiger partial charge in [-0.15, -0.1) is 0 Å². The van der Waals surface area contributed by atoms with Crippen molar-refractivity contribution in [1.29, 1.82) is 0 Å². The van der Waals surface area contributed by atoms with E-state index in [-0.39, 0.29) is 62.7 Å². The maximum absolute atomic E-state index is 13.9. The van der Waals surface area contributed by atoms with E-state index in [1.165, 1.54) is 12.2 Å². The van der Waals surface area contributed by atoms with Crippen molar-refractivity contribution >= 4 is 23.9 Å². The van der Waals surface area contributed by atoms with E-state index in [0.717, 1.165) is 45.1 Å². The minimum absolute atomic E-state index is 0.0842. The number of aliphatic imine (C=N–C) groups is 1. The van der Waals surface area contributed by atoms with Crippen LogP contribution in [0.4, 0.5) is 0 Å². The Hall–Kier alpha value is -3.84. The van der Waals surface area contributed by atoms with Gasteiger partial charge in [-0.05, 0) is 76.0 Å². The Bertz CT molecular complexity index is 1960. The SMILES string of the molecule is CN=C(N)NCCCC=CCCCC(C)CC(C)C1OC(=O)C(C)C(O)C=CC(C)C(O)CC(O)C(C)C(O)CCC(C)C(O)CC2(O)OC(CC(O)CC(OC(=O)CC(=O)O)CC(O)C(C)C(O)C=CC=CC1C)CC(O)C2O. The van der Waals surface area contributed by atoms with Gasteiger partial charge in [-0.2, -0.15) is 0 Å². The van der Waals surface area contributed by atoms with Crippen LogP contribution in [0.15, 0.2) is 53.6 Å². The Morgan fingerprint density at radius 1 is 0.762 bits per heavy atom. The summed E-state index contributed by atoms with van der Waals surface area (Å²) in [7, 11) is 1.63. The van der Waals surface area contributed by atoms with Gasteiger partial charge in [0.05, 0.1) is 67.0 Å². The highest BCUT2D eigenvalue weighted by Gasteiger charge is 2.50. The number of ether oxygens (including phenoxy) is 3. The number of allylic oxidation sites excluding steroid dienone is 4. The molecule has 462 valence electrons. The molecule has 0 amide bonds. The molecule has 21 nitrogen and oxygen atoms in total. The van der Waals surface area contributed by atoms with Gasteiger partial charge in [0.15, 0.2) is 11.7 Å². The summed E-state index contributed by atoms with van der Waals surface area (Å²) in [6.07, 6.45) is -0.0780. The number of carboxylic acids is 1. The van der Waals surface area contributed by atoms with Crippen molar-refractivity contribution in [1.82, 2.24) is 5.32 Å². The van der Waals surface area contributed by atoms with Crippen molar-refractivity contribution < 1.29 is 89.9 Å². The second kappa shape index (κ2) is 36.7. The van der Waals surface area contributed by atoms with Crippen molar-refractivity contribution in [3.05, 3.63) is 48.6 Å². The zero-order valence-corrected chi connectivity index (χ0v) is 48.9. The lowest BCUT2D eigenvalue weighted by molar-refractivity contribution is -0.333. The number of aliphatic hydroxyl groups excluding tert-OH is 10. The van der Waals surface area contributed by atoms with Crippen LogP contribution in [-0.4, -0.2) is 184 Å². The molecule has 0 aromatic rings. The largest absolute Gasteiger partial charge is 0.481 e. The van der Waals surface area contributed by atoms with Crippen LogP contribution < -0.4 is 11.1 Å². The zero-order valence-electron chi connectivity index (χ0n) is 48.9. The fourth-order valence-electron chi connectivity index (χ4n) is 10.3. The monoisotopic (exact) mass is 1140 g/mol. The molecule has 22 unspecified atom stereocenters. The normalized spacial score (nSPS) is 37.7. The van der Waals surface area contributed by atoms with E-state index in [1.54, 1.807) is 59.9 Å². The molecule has 0 spiro atoms. The van der Waals surface area contributed by atoms with Gasteiger partial charge in [-0.25, -0.2) is 0 Å². The number of carbonyl (C=O) groups is 3. The number of hydrogen-bond acceptors (Lipinski definition) is 18. The number of cyclic esters (lactones) is 1. The molecule has 2 bridgehead atoms. The minimum atomic E-state index is -2.50. The Balaban J connectivity index is 2.45. The average molecular weight is 1140 g/mol. The number of nitrogens with two attached hydrogens (primary N) is 1. The summed E-state index contributed by atoms with van der Waals surface area (Å²) in [5, 5.41) is 135. The Labute approximate surface area is 474 Å². The standard InChI is InChI=1S/C59H103N3O18/c1-34(18-14-12-10-11-13-17-25-62-58(60)61-9)26-38(5)55-37(4)19-15-16-20-45(64)39(6)49(68)29-43(78-54(74)32-53(72)73)27-42(63)28-44-30-51(70)56(75)59(77,80-44)33-52(71)36(3)22-23-46(65)40(7)50(69)31-48(67)35(2)21-24-47(66)41(8)57(76)79-55/h10-11,15-16,19-21,24,34-52,55-56,63-71,75,77H,12-14,17-18,22-23,25-33H2,1-9H3,(H,72,73)(H3,60,61,62). The highest BCUT2D eigenvalue weighted by molar-refractivity contribution is 5.90. The minimum Gasteiger partial charge on any atom is -0.481 e. The maximum Gasteiger partial charge on any atom is 0.317 e. The molecular formula is C59H103N3O18. The number of nitrogens with zero attached hydrogens (tertiary/aromatic N) is 1. The number of aliphatic hydroxyl groups is 11. The second-order valence-electron chi connectivity index (χ2n) is 23.4. The van der Waals surface area contributed by atoms with Crippen LogP contribution in [0.1, 0.15) is 152 Å². The molecule has 2 aliphatic rings. The van der Waals surface area contributed by atoms with E-state index in [4.69, 9.17) is 19.9 Å². The number of nitrogens with one attached hydrogen (secondary N) is 1. The number of carboxylic acid groups (broad SMARTS) is 1. The molecule has 0 aliphatic carbocycles. The predicted octanol–water partition coefficient (Wildman–Crippen LogP) is 3.30. The molecule has 80 heavy (non-hydrogen) atoms. The molecule has 21 heteroatoms. The Morgan fingerprint density at radius 2 is 1.40 bits per heavy atom. The molecule has 1 saturated heterocycles. The van der Waals surface area contributed by atoms with Crippen molar-refractivity contribution in [2.24, 2.45) is 58.1 Å². The van der Waals surface area contributed by atoms with E-state index < -0.39 is 145 Å². The molecule has 0 aromatic heterocycles. The topological polar surface area (TPSA) is 372 Å². The van der Waals surface area contributed by atoms with Crippen molar-refractivity contribution in [2.75, 3.05) is 13.6 Å². The lowest BCUT2D eigenvalue weighted by Crippen LogP contribution is -2.59. The number of rotatable bonds is 14. The van der Waals surface area contributed by atoms with Gasteiger partial charge in [-0.1, -0.05) is 103 Å². The van der Waals surface area contributed by atoms with E-state index in [1.807, 2.05) is 19.9 Å². The van der Waals surface area contributed by atoms with E-state index in [2.05, 4.69) is 29.4 Å². The van der Waals surface area contributed by atoms with Crippen LogP contribution in [0.3, 0.4) is 0 Å². The lowest BCUT2D eigenvalue weighted by atomic mass is 9.83. The summed E-state index contributed by atoms with van der Waals surface area (Å²) in [5.41, 5.74) is 5.68. The number of carbonyl (C=O) groups excluding carboxylic acids is 2. The van der Waals surface area contributed by atoms with Crippen molar-refractivity contribution in [3.8, 4) is 0 Å². The van der Waals surface area contributed by atoms with Crippen molar-refractivity contribution in [3.63, 3.8) is 0 Å². The van der Waals surface area contributed by atoms with Gasteiger partial charge in [0, 0.05) is 69.4 Å².